The van der Waals surface area contributed by atoms with Gasteiger partial charge in [-0.25, -0.2) is 8.78 Å². The fraction of sp³-hybridized carbons (Fsp3) is 0.333. The van der Waals surface area contributed by atoms with Gasteiger partial charge < -0.3 is 5.32 Å². The molecule has 0 saturated carbocycles. The molecule has 0 bridgehead atoms. The molecular weight excluding hydrogens is 196 g/mol. The molecule has 1 nitrogen and oxygen atoms in total. The Morgan fingerprint density at radius 2 is 1.69 bits per heavy atom. The first-order chi connectivity index (χ1) is 5.75. The van der Waals surface area contributed by atoms with Crippen molar-refractivity contribution >= 4 is 12.4 Å². The van der Waals surface area contributed by atoms with Crippen LogP contribution in [0.4, 0.5) is 8.78 Å². The minimum absolute atomic E-state index is 0. The van der Waals surface area contributed by atoms with Gasteiger partial charge in [-0.05, 0) is 30.7 Å². The van der Waals surface area contributed by atoms with Gasteiger partial charge in [0.2, 0.25) is 0 Å². The highest BCUT2D eigenvalue weighted by Gasteiger charge is 2.19. The molecule has 0 aliphatic carbocycles. The number of nitrogens with one attached hydrogen (secondary N) is 1. The lowest BCUT2D eigenvalue weighted by molar-refractivity contribution is 0.380. The second-order valence-electron chi connectivity index (χ2n) is 3.00. The summed E-state index contributed by atoms with van der Waals surface area (Å²) in [4.78, 5) is 0. The second-order valence-corrected chi connectivity index (χ2v) is 3.00. The molecule has 1 atom stereocenters. The summed E-state index contributed by atoms with van der Waals surface area (Å²) in [6.45, 7) is 0.933. The first-order valence-corrected chi connectivity index (χ1v) is 3.95. The Morgan fingerprint density at radius 1 is 1.15 bits per heavy atom. The lowest BCUT2D eigenvalue weighted by Crippen LogP contribution is -2.35. The van der Waals surface area contributed by atoms with E-state index < -0.39 is 11.6 Å². The first kappa shape index (κ1) is 10.4. The summed E-state index contributed by atoms with van der Waals surface area (Å²) in [5.74, 6) is -1.00. The Hall–Kier alpha value is -0.670. The van der Waals surface area contributed by atoms with Crippen LogP contribution in [0.5, 0.6) is 0 Å². The van der Waals surface area contributed by atoms with E-state index in [1.165, 1.54) is 12.1 Å². The van der Waals surface area contributed by atoms with Gasteiger partial charge in [-0.2, -0.15) is 0 Å². The normalized spacial score (nSPS) is 20.3. The molecule has 0 unspecified atom stereocenters. The molecule has 1 aromatic rings. The van der Waals surface area contributed by atoms with Crippen molar-refractivity contribution in [3.63, 3.8) is 0 Å². The van der Waals surface area contributed by atoms with Gasteiger partial charge in [0.25, 0.3) is 0 Å². The summed E-state index contributed by atoms with van der Waals surface area (Å²) in [5.41, 5.74) is 0.707. The largest absolute Gasteiger partial charge is 0.310 e. The zero-order valence-electron chi connectivity index (χ0n) is 6.89. The molecule has 1 heterocycles. The van der Waals surface area contributed by atoms with E-state index in [0.717, 1.165) is 19.0 Å². The van der Waals surface area contributed by atoms with E-state index in [2.05, 4.69) is 5.32 Å². The summed E-state index contributed by atoms with van der Waals surface area (Å²) in [6.07, 6.45) is 0.961. The molecule has 1 fully saturated rings. The molecule has 1 saturated heterocycles. The third-order valence-electron chi connectivity index (χ3n) is 2.11. The topological polar surface area (TPSA) is 12.0 Å². The lowest BCUT2D eigenvalue weighted by atomic mass is 9.98. The smallest absolute Gasteiger partial charge is 0.126 e. The van der Waals surface area contributed by atoms with E-state index in [1.807, 2.05) is 0 Å². The van der Waals surface area contributed by atoms with E-state index in [1.54, 1.807) is 0 Å². The van der Waals surface area contributed by atoms with Crippen LogP contribution in [0.3, 0.4) is 0 Å². The Balaban J connectivity index is 0.000000845. The van der Waals surface area contributed by atoms with Gasteiger partial charge in [-0.3, -0.25) is 0 Å². The monoisotopic (exact) mass is 205 g/mol. The van der Waals surface area contributed by atoms with Gasteiger partial charge in [0.1, 0.15) is 11.6 Å². The number of rotatable bonds is 1. The van der Waals surface area contributed by atoms with Crippen LogP contribution >= 0.6 is 12.4 Å². The highest BCUT2D eigenvalue weighted by molar-refractivity contribution is 5.85. The quantitative estimate of drug-likeness (QED) is 0.743. The van der Waals surface area contributed by atoms with Gasteiger partial charge in [-0.15, -0.1) is 12.4 Å². The van der Waals surface area contributed by atoms with Crippen LogP contribution in [0.1, 0.15) is 18.0 Å². The Bertz CT molecular complexity index is 279. The molecule has 4 heteroatoms. The molecule has 1 N–H and O–H groups in total. The summed E-state index contributed by atoms with van der Waals surface area (Å²) in [5, 5.41) is 3.08. The third kappa shape index (κ3) is 2.17. The summed E-state index contributed by atoms with van der Waals surface area (Å²) >= 11 is 0. The molecule has 0 aromatic heterocycles. The van der Waals surface area contributed by atoms with Crippen LogP contribution in [0.2, 0.25) is 0 Å². The molecule has 13 heavy (non-hydrogen) atoms. The van der Waals surface area contributed by atoms with Gasteiger partial charge in [0.05, 0.1) is 0 Å². The molecule has 0 amide bonds. The van der Waals surface area contributed by atoms with Crippen LogP contribution in [0, 0.1) is 11.6 Å². The Kier molecular flexibility index (Phi) is 3.22. The van der Waals surface area contributed by atoms with E-state index in [9.17, 15) is 8.78 Å². The maximum Gasteiger partial charge on any atom is 0.126 e. The van der Waals surface area contributed by atoms with Crippen LogP contribution < -0.4 is 5.32 Å². The molecule has 1 aromatic carbocycles. The number of hydrogen-bond acceptors (Lipinski definition) is 1. The molecule has 2 rings (SSSR count). The van der Waals surface area contributed by atoms with Crippen LogP contribution in [-0.2, 0) is 0 Å². The van der Waals surface area contributed by atoms with Crippen molar-refractivity contribution in [2.24, 2.45) is 0 Å². The second kappa shape index (κ2) is 4.03. The van der Waals surface area contributed by atoms with Gasteiger partial charge in [-0.1, -0.05) is 0 Å². The van der Waals surface area contributed by atoms with Gasteiger partial charge in [0, 0.05) is 12.1 Å². The summed E-state index contributed by atoms with van der Waals surface area (Å²) < 4.78 is 25.4. The maximum absolute atomic E-state index is 12.7. The predicted molar refractivity (Wildman–Crippen MR) is 49.0 cm³/mol. The predicted octanol–water partition coefficient (Wildman–Crippen LogP) is 2.42. The average Bonchev–Trinajstić information content (AvgIpc) is 1.79. The molecule has 1 aliphatic rings. The van der Waals surface area contributed by atoms with Crippen molar-refractivity contribution < 1.29 is 8.78 Å². The standard InChI is InChI=1S/C9H9F2N.ClH/c10-7-3-6(4-8(11)5-7)9-1-2-12-9;/h3-5,9,12H,1-2H2;1H/t9-;/m0./s1. The fourth-order valence-electron chi connectivity index (χ4n) is 1.35. The summed E-state index contributed by atoms with van der Waals surface area (Å²) in [7, 11) is 0. The van der Waals surface area contributed by atoms with E-state index in [4.69, 9.17) is 0 Å². The van der Waals surface area contributed by atoms with Crippen LogP contribution in [0.15, 0.2) is 18.2 Å². The Morgan fingerprint density at radius 3 is 2.08 bits per heavy atom. The number of halogens is 3. The van der Waals surface area contributed by atoms with Crippen molar-refractivity contribution in [2.45, 2.75) is 12.5 Å². The van der Waals surface area contributed by atoms with E-state index >= 15 is 0 Å². The maximum atomic E-state index is 12.7. The summed E-state index contributed by atoms with van der Waals surface area (Å²) in [6, 6.07) is 3.79. The molecule has 0 spiro atoms. The van der Waals surface area contributed by atoms with E-state index in [-0.39, 0.29) is 18.4 Å². The highest BCUT2D eigenvalue weighted by atomic mass is 35.5. The van der Waals surface area contributed by atoms with Crippen molar-refractivity contribution in [3.8, 4) is 0 Å². The van der Waals surface area contributed by atoms with E-state index in [0.29, 0.717) is 5.56 Å². The van der Waals surface area contributed by atoms with Crippen molar-refractivity contribution in [3.05, 3.63) is 35.4 Å². The SMILES string of the molecule is Cl.Fc1cc(F)cc([C@@H]2CCN2)c1. The average molecular weight is 206 g/mol. The fourth-order valence-corrected chi connectivity index (χ4v) is 1.35. The molecule has 72 valence electrons. The minimum atomic E-state index is -0.501. The molecular formula is C9H10ClF2N. The third-order valence-corrected chi connectivity index (χ3v) is 2.11. The van der Waals surface area contributed by atoms with Crippen molar-refractivity contribution in [2.75, 3.05) is 6.54 Å². The zero-order valence-corrected chi connectivity index (χ0v) is 7.70. The zero-order chi connectivity index (χ0) is 8.55. The van der Waals surface area contributed by atoms with Gasteiger partial charge >= 0.3 is 0 Å². The highest BCUT2D eigenvalue weighted by Crippen LogP contribution is 2.23. The number of benzene rings is 1. The Labute approximate surface area is 81.6 Å². The number of hydrogen-bond donors (Lipinski definition) is 1. The minimum Gasteiger partial charge on any atom is -0.310 e. The van der Waals surface area contributed by atoms with Gasteiger partial charge in [0.15, 0.2) is 0 Å². The van der Waals surface area contributed by atoms with Crippen LogP contribution in [0.25, 0.3) is 0 Å². The lowest BCUT2D eigenvalue weighted by Gasteiger charge is -2.27. The van der Waals surface area contributed by atoms with Crippen molar-refractivity contribution in [1.29, 1.82) is 0 Å². The first-order valence-electron chi connectivity index (χ1n) is 3.95. The molecule has 0 radical (unpaired) electrons. The van der Waals surface area contributed by atoms with Crippen LogP contribution in [-0.4, -0.2) is 6.54 Å². The van der Waals surface area contributed by atoms with Crippen molar-refractivity contribution in [1.82, 2.24) is 5.32 Å². The molecule has 1 aliphatic heterocycles.